The van der Waals surface area contributed by atoms with Crippen molar-refractivity contribution >= 4 is 11.8 Å². The average Bonchev–Trinajstić information content (AvgIpc) is 2.93. The molecule has 1 heterocycles. The molecule has 1 aromatic rings. The van der Waals surface area contributed by atoms with Crippen molar-refractivity contribution in [2.24, 2.45) is 35.5 Å². The monoisotopic (exact) mass is 551 g/mol. The van der Waals surface area contributed by atoms with Gasteiger partial charge in [-0.15, -0.1) is 0 Å². The van der Waals surface area contributed by atoms with Gasteiger partial charge >= 0.3 is 0 Å². The molecule has 2 fully saturated rings. The van der Waals surface area contributed by atoms with E-state index in [4.69, 9.17) is 4.74 Å². The van der Waals surface area contributed by atoms with E-state index in [0.29, 0.717) is 41.0 Å². The van der Waals surface area contributed by atoms with Crippen LogP contribution >= 0.6 is 0 Å². The zero-order valence-electron chi connectivity index (χ0n) is 26.2. The summed E-state index contributed by atoms with van der Waals surface area (Å²) >= 11 is 0. The largest absolute Gasteiger partial charge is 0.462 e. The zero-order chi connectivity index (χ0) is 29.7. The van der Waals surface area contributed by atoms with Gasteiger partial charge < -0.3 is 9.64 Å². The summed E-state index contributed by atoms with van der Waals surface area (Å²) < 4.78 is 5.86. The van der Waals surface area contributed by atoms with Gasteiger partial charge in [-0.3, -0.25) is 0 Å². The Labute approximate surface area is 249 Å². The first-order valence-corrected chi connectivity index (χ1v) is 15.8. The molecule has 2 saturated carbocycles. The quantitative estimate of drug-likeness (QED) is 0.317. The van der Waals surface area contributed by atoms with Crippen molar-refractivity contribution in [3.63, 3.8) is 0 Å². The number of benzene rings is 1. The van der Waals surface area contributed by atoms with Gasteiger partial charge in [-0.05, 0) is 104 Å². The minimum atomic E-state index is 0.0939. The molecule has 3 aliphatic rings. The molecule has 0 saturated heterocycles. The molecule has 0 spiro atoms. The lowest BCUT2D eigenvalue weighted by Crippen LogP contribution is -2.55. The van der Waals surface area contributed by atoms with Crippen molar-refractivity contribution < 1.29 is 4.74 Å². The van der Waals surface area contributed by atoms with Crippen molar-refractivity contribution in [1.82, 2.24) is 0 Å². The highest BCUT2D eigenvalue weighted by molar-refractivity contribution is 5.60. The fraction of sp³-hybridized carbons (Fsp3) is 0.568. The second-order valence-electron chi connectivity index (χ2n) is 13.6. The van der Waals surface area contributed by atoms with Crippen LogP contribution in [0.4, 0.5) is 5.69 Å². The van der Waals surface area contributed by atoms with E-state index >= 15 is 0 Å². The third-order valence-electron chi connectivity index (χ3n) is 9.77. The summed E-state index contributed by atoms with van der Waals surface area (Å²) in [6.07, 6.45) is 15.4. The van der Waals surface area contributed by atoms with Gasteiger partial charge in [-0.25, -0.2) is 0 Å². The third-order valence-corrected chi connectivity index (χ3v) is 9.77. The summed E-state index contributed by atoms with van der Waals surface area (Å²) in [5.41, 5.74) is 3.15. The van der Waals surface area contributed by atoms with Crippen molar-refractivity contribution in [2.45, 2.75) is 99.1 Å². The molecule has 0 aromatic heterocycles. The Morgan fingerprint density at radius 1 is 0.829 bits per heavy atom. The van der Waals surface area contributed by atoms with Crippen LogP contribution in [0.5, 0.6) is 0 Å². The summed E-state index contributed by atoms with van der Waals surface area (Å²) in [4.78, 5) is 2.90. The van der Waals surface area contributed by atoms with E-state index in [0.717, 1.165) is 29.2 Å². The lowest BCUT2D eigenvalue weighted by atomic mass is 9.69. The fourth-order valence-electron chi connectivity index (χ4n) is 7.55. The fourth-order valence-corrected chi connectivity index (χ4v) is 7.55. The van der Waals surface area contributed by atoms with Gasteiger partial charge in [0.1, 0.15) is 29.2 Å². The van der Waals surface area contributed by atoms with Gasteiger partial charge in [-0.1, -0.05) is 72.6 Å². The molecular weight excluding hydrogens is 502 g/mol. The van der Waals surface area contributed by atoms with Crippen LogP contribution in [0.25, 0.3) is 6.08 Å². The SMILES string of the molecule is CC1=CC(=C(C#N)C#N)C=C(/C=C/c2ccc(N(C3CC(C)CCC3C(C)C)C3CC(C)CCC3C(C)C)cc2)O1. The van der Waals surface area contributed by atoms with E-state index in [1.807, 2.05) is 31.2 Å². The summed E-state index contributed by atoms with van der Waals surface area (Å²) in [5, 5.41) is 18.6. The number of hydrogen-bond acceptors (Lipinski definition) is 4. The van der Waals surface area contributed by atoms with Gasteiger partial charge in [0.25, 0.3) is 0 Å². The Hall–Kier alpha value is -3.24. The highest BCUT2D eigenvalue weighted by atomic mass is 16.5. The third kappa shape index (κ3) is 7.35. The molecule has 0 bridgehead atoms. The number of hydrogen-bond donors (Lipinski definition) is 0. The molecular formula is C37H49N3O. The van der Waals surface area contributed by atoms with E-state index in [1.165, 1.54) is 44.2 Å². The van der Waals surface area contributed by atoms with E-state index in [1.54, 1.807) is 12.2 Å². The predicted octanol–water partition coefficient (Wildman–Crippen LogP) is 9.59. The average molecular weight is 552 g/mol. The van der Waals surface area contributed by atoms with Gasteiger partial charge in [0.05, 0.1) is 0 Å². The van der Waals surface area contributed by atoms with Crippen LogP contribution < -0.4 is 4.90 Å². The van der Waals surface area contributed by atoms with Gasteiger partial charge in [0, 0.05) is 23.3 Å². The molecule has 1 aromatic carbocycles. The predicted molar refractivity (Wildman–Crippen MR) is 169 cm³/mol. The first-order chi connectivity index (χ1) is 19.6. The molecule has 41 heavy (non-hydrogen) atoms. The molecule has 1 aliphatic heterocycles. The standard InChI is InChI=1S/C37H49N3O/c1-24(2)34-16-8-26(5)18-36(34)40(37-19-27(6)9-17-35(37)25(3)4)32-13-10-29(11-14-32)12-15-33-21-30(20-28(7)41-33)31(22-38)23-39/h10-15,20-21,24-27,34-37H,8-9,16-19H2,1-7H3/b15-12+. The minimum Gasteiger partial charge on any atom is -0.462 e. The summed E-state index contributed by atoms with van der Waals surface area (Å²) in [5.74, 6) is 5.62. The number of nitrogens with zero attached hydrogens (tertiary/aromatic N) is 3. The molecule has 0 radical (unpaired) electrons. The summed E-state index contributed by atoms with van der Waals surface area (Å²) in [6.45, 7) is 16.5. The lowest BCUT2D eigenvalue weighted by Gasteiger charge is -2.53. The molecule has 6 atom stereocenters. The lowest BCUT2D eigenvalue weighted by molar-refractivity contribution is 0.136. The van der Waals surface area contributed by atoms with Crippen LogP contribution in [0.3, 0.4) is 0 Å². The topological polar surface area (TPSA) is 60.0 Å². The molecule has 4 nitrogen and oxygen atoms in total. The maximum Gasteiger partial charge on any atom is 0.137 e. The second kappa shape index (κ2) is 13.6. The maximum absolute atomic E-state index is 9.29. The minimum absolute atomic E-state index is 0.0939. The van der Waals surface area contributed by atoms with Crippen LogP contribution in [0.2, 0.25) is 0 Å². The summed E-state index contributed by atoms with van der Waals surface area (Å²) in [6, 6.07) is 14.2. The molecule has 218 valence electrons. The summed E-state index contributed by atoms with van der Waals surface area (Å²) in [7, 11) is 0. The molecule has 6 unspecified atom stereocenters. The van der Waals surface area contributed by atoms with E-state index in [2.05, 4.69) is 70.7 Å². The molecule has 2 aliphatic carbocycles. The number of anilines is 1. The van der Waals surface area contributed by atoms with Crippen molar-refractivity contribution in [3.05, 3.63) is 70.7 Å². The van der Waals surface area contributed by atoms with Crippen molar-refractivity contribution in [1.29, 1.82) is 10.5 Å². The van der Waals surface area contributed by atoms with Crippen LogP contribution in [0, 0.1) is 58.2 Å². The molecule has 4 heteroatoms. The van der Waals surface area contributed by atoms with Crippen LogP contribution in [-0.2, 0) is 4.74 Å². The number of rotatable bonds is 7. The van der Waals surface area contributed by atoms with Gasteiger partial charge in [0.15, 0.2) is 0 Å². The molecule has 0 amide bonds. The van der Waals surface area contributed by atoms with Crippen LogP contribution in [0.15, 0.2) is 65.2 Å². The Morgan fingerprint density at radius 2 is 1.37 bits per heavy atom. The van der Waals surface area contributed by atoms with Gasteiger partial charge in [0.2, 0.25) is 0 Å². The highest BCUT2D eigenvalue weighted by Crippen LogP contribution is 2.45. The number of ether oxygens (including phenoxy) is 1. The van der Waals surface area contributed by atoms with Crippen LogP contribution in [-0.4, -0.2) is 12.1 Å². The van der Waals surface area contributed by atoms with Gasteiger partial charge in [-0.2, -0.15) is 10.5 Å². The van der Waals surface area contributed by atoms with E-state index < -0.39 is 0 Å². The smallest absolute Gasteiger partial charge is 0.137 e. The normalized spacial score (nSPS) is 28.5. The Balaban J connectivity index is 1.67. The number of nitriles is 2. The highest BCUT2D eigenvalue weighted by Gasteiger charge is 2.42. The van der Waals surface area contributed by atoms with Crippen LogP contribution in [0.1, 0.15) is 92.6 Å². The molecule has 4 rings (SSSR count). The maximum atomic E-state index is 9.29. The van der Waals surface area contributed by atoms with E-state index in [-0.39, 0.29) is 5.57 Å². The number of allylic oxidation sites excluding steroid dienone is 6. The second-order valence-corrected chi connectivity index (χ2v) is 13.6. The van der Waals surface area contributed by atoms with Crippen molar-refractivity contribution in [2.75, 3.05) is 4.90 Å². The first-order valence-electron chi connectivity index (χ1n) is 15.8. The Bertz CT molecular complexity index is 1220. The Kier molecular flexibility index (Phi) is 10.2. The zero-order valence-corrected chi connectivity index (χ0v) is 26.2. The Morgan fingerprint density at radius 3 is 1.85 bits per heavy atom. The van der Waals surface area contributed by atoms with E-state index in [9.17, 15) is 10.5 Å². The first kappa shape index (κ1) is 30.7. The van der Waals surface area contributed by atoms with Crippen molar-refractivity contribution in [3.8, 4) is 12.1 Å². The molecule has 0 N–H and O–H groups in total.